The number of halogens is 1. The van der Waals surface area contributed by atoms with Gasteiger partial charge in [0.15, 0.2) is 0 Å². The predicted molar refractivity (Wildman–Crippen MR) is 82.5 cm³/mol. The number of rotatable bonds is 5. The molecule has 4 heteroatoms. The second-order valence-electron chi connectivity index (χ2n) is 5.16. The molecule has 0 aliphatic rings. The van der Waals surface area contributed by atoms with Crippen LogP contribution in [0.2, 0.25) is 0 Å². The molecule has 0 amide bonds. The molecular weight excluding hydrogens is 290 g/mol. The summed E-state index contributed by atoms with van der Waals surface area (Å²) < 4.78 is 1.01. The summed E-state index contributed by atoms with van der Waals surface area (Å²) in [7, 11) is 2.06. The molecule has 0 aliphatic heterocycles. The first kappa shape index (κ1) is 15.0. The minimum Gasteiger partial charge on any atom is -0.384 e. The summed E-state index contributed by atoms with van der Waals surface area (Å²) in [5, 5.41) is 7.66. The molecule has 100 valence electrons. The first-order valence-electron chi connectivity index (χ1n) is 6.19. The van der Waals surface area contributed by atoms with E-state index in [-0.39, 0.29) is 5.84 Å². The van der Waals surface area contributed by atoms with Crippen LogP contribution < -0.4 is 10.6 Å². The van der Waals surface area contributed by atoms with Crippen LogP contribution in [0.15, 0.2) is 22.7 Å². The molecule has 1 atom stereocenters. The van der Waals surface area contributed by atoms with Gasteiger partial charge in [-0.05, 0) is 37.5 Å². The molecule has 0 bridgehead atoms. The van der Waals surface area contributed by atoms with E-state index in [1.54, 1.807) is 0 Å². The fourth-order valence-corrected chi connectivity index (χ4v) is 2.45. The van der Waals surface area contributed by atoms with Crippen molar-refractivity contribution in [2.45, 2.75) is 33.2 Å². The molecule has 0 aromatic heterocycles. The van der Waals surface area contributed by atoms with E-state index in [1.165, 1.54) is 0 Å². The van der Waals surface area contributed by atoms with Crippen LogP contribution in [0, 0.1) is 11.3 Å². The molecule has 0 radical (unpaired) electrons. The molecule has 0 spiro atoms. The molecule has 0 saturated heterocycles. The van der Waals surface area contributed by atoms with Crippen molar-refractivity contribution in [1.29, 1.82) is 5.41 Å². The fraction of sp³-hybridized carbons (Fsp3) is 0.500. The van der Waals surface area contributed by atoms with E-state index < -0.39 is 0 Å². The Bertz CT molecular complexity index is 429. The van der Waals surface area contributed by atoms with Gasteiger partial charge in [-0.1, -0.05) is 29.8 Å². The first-order chi connectivity index (χ1) is 8.32. The lowest BCUT2D eigenvalue weighted by atomic mass is 10.0. The molecule has 1 unspecified atom stereocenters. The zero-order valence-electron chi connectivity index (χ0n) is 11.5. The Morgan fingerprint density at radius 1 is 1.39 bits per heavy atom. The van der Waals surface area contributed by atoms with Crippen molar-refractivity contribution >= 4 is 27.5 Å². The molecule has 3 N–H and O–H groups in total. The van der Waals surface area contributed by atoms with Gasteiger partial charge in [0.2, 0.25) is 0 Å². The lowest BCUT2D eigenvalue weighted by molar-refractivity contribution is 0.504. The molecule has 1 aromatic rings. The highest BCUT2D eigenvalue weighted by Gasteiger charge is 2.16. The van der Waals surface area contributed by atoms with E-state index in [2.05, 4.69) is 48.6 Å². The Morgan fingerprint density at radius 3 is 2.50 bits per heavy atom. The molecule has 3 nitrogen and oxygen atoms in total. The van der Waals surface area contributed by atoms with Crippen LogP contribution in [0.1, 0.15) is 32.8 Å². The molecular formula is C14H22BrN3. The van der Waals surface area contributed by atoms with Crippen molar-refractivity contribution < 1.29 is 0 Å². The van der Waals surface area contributed by atoms with E-state index in [4.69, 9.17) is 11.1 Å². The molecule has 0 fully saturated rings. The number of hydrogen-bond donors (Lipinski definition) is 2. The summed E-state index contributed by atoms with van der Waals surface area (Å²) in [5.41, 5.74) is 7.44. The minimum absolute atomic E-state index is 0.112. The van der Waals surface area contributed by atoms with Gasteiger partial charge in [0.1, 0.15) is 5.84 Å². The van der Waals surface area contributed by atoms with Gasteiger partial charge in [-0.3, -0.25) is 5.41 Å². The number of nitrogens with two attached hydrogens (primary N) is 1. The number of nitrogen functional groups attached to an aromatic ring is 1. The maximum Gasteiger partial charge on any atom is 0.124 e. The molecule has 1 aromatic carbocycles. The van der Waals surface area contributed by atoms with E-state index in [0.717, 1.165) is 22.1 Å². The number of hydrogen-bond acceptors (Lipinski definition) is 2. The number of nitrogens with zero attached hydrogens (tertiary/aromatic N) is 1. The standard InChI is InChI=1S/C14H22BrN3/c1-9(2)7-10(3)18(4)13-8-11(15)5-6-12(13)14(16)17/h5-6,8-10H,7H2,1-4H3,(H3,16,17). The van der Waals surface area contributed by atoms with Crippen LogP contribution in [0.4, 0.5) is 5.69 Å². The van der Waals surface area contributed by atoms with Gasteiger partial charge in [0.05, 0.1) is 0 Å². The van der Waals surface area contributed by atoms with Gasteiger partial charge in [-0.15, -0.1) is 0 Å². The van der Waals surface area contributed by atoms with Crippen molar-refractivity contribution in [3.05, 3.63) is 28.2 Å². The van der Waals surface area contributed by atoms with Crippen LogP contribution in [-0.4, -0.2) is 18.9 Å². The summed E-state index contributed by atoms with van der Waals surface area (Å²) >= 11 is 3.48. The average molecular weight is 312 g/mol. The molecule has 0 heterocycles. The van der Waals surface area contributed by atoms with Crippen LogP contribution in [-0.2, 0) is 0 Å². The topological polar surface area (TPSA) is 53.1 Å². The number of nitrogens with one attached hydrogen (secondary N) is 1. The fourth-order valence-electron chi connectivity index (χ4n) is 2.10. The minimum atomic E-state index is 0.112. The van der Waals surface area contributed by atoms with E-state index >= 15 is 0 Å². The highest BCUT2D eigenvalue weighted by molar-refractivity contribution is 9.10. The molecule has 0 saturated carbocycles. The maximum atomic E-state index is 7.66. The zero-order valence-corrected chi connectivity index (χ0v) is 13.1. The SMILES string of the molecule is CC(C)CC(C)N(C)c1cc(Br)ccc1C(=N)N. The van der Waals surface area contributed by atoms with Gasteiger partial charge < -0.3 is 10.6 Å². The summed E-state index contributed by atoms with van der Waals surface area (Å²) in [6.45, 7) is 6.64. The van der Waals surface area contributed by atoms with Gasteiger partial charge in [-0.2, -0.15) is 0 Å². The lowest BCUT2D eigenvalue weighted by Crippen LogP contribution is -2.32. The second kappa shape index (κ2) is 6.23. The third-order valence-electron chi connectivity index (χ3n) is 3.10. The second-order valence-corrected chi connectivity index (χ2v) is 6.08. The quantitative estimate of drug-likeness (QED) is 0.645. The van der Waals surface area contributed by atoms with E-state index in [0.29, 0.717) is 12.0 Å². The smallest absolute Gasteiger partial charge is 0.124 e. The Labute approximate surface area is 118 Å². The van der Waals surface area contributed by atoms with Gasteiger partial charge >= 0.3 is 0 Å². The van der Waals surface area contributed by atoms with Gasteiger partial charge in [-0.25, -0.2) is 0 Å². The van der Waals surface area contributed by atoms with Crippen LogP contribution in [0.25, 0.3) is 0 Å². The van der Waals surface area contributed by atoms with Crippen molar-refractivity contribution in [1.82, 2.24) is 0 Å². The maximum absolute atomic E-state index is 7.66. The van der Waals surface area contributed by atoms with Gasteiger partial charge in [0.25, 0.3) is 0 Å². The molecule has 18 heavy (non-hydrogen) atoms. The predicted octanol–water partition coefficient (Wildman–Crippen LogP) is 3.60. The van der Waals surface area contributed by atoms with Crippen molar-refractivity contribution in [2.75, 3.05) is 11.9 Å². The average Bonchev–Trinajstić information content (AvgIpc) is 2.26. The highest BCUT2D eigenvalue weighted by atomic mass is 79.9. The summed E-state index contributed by atoms with van der Waals surface area (Å²) in [6, 6.07) is 6.24. The number of amidine groups is 1. The first-order valence-corrected chi connectivity index (χ1v) is 6.99. The van der Waals surface area contributed by atoms with Crippen molar-refractivity contribution in [3.8, 4) is 0 Å². The van der Waals surface area contributed by atoms with E-state index in [1.807, 2.05) is 18.2 Å². The summed E-state index contributed by atoms with van der Waals surface area (Å²) in [6.07, 6.45) is 1.11. The van der Waals surface area contributed by atoms with Gasteiger partial charge in [0, 0.05) is 28.8 Å². The van der Waals surface area contributed by atoms with Crippen LogP contribution >= 0.6 is 15.9 Å². The highest BCUT2D eigenvalue weighted by Crippen LogP contribution is 2.27. The third-order valence-corrected chi connectivity index (χ3v) is 3.60. The normalized spacial score (nSPS) is 12.6. The van der Waals surface area contributed by atoms with Crippen molar-refractivity contribution in [2.24, 2.45) is 11.7 Å². The largest absolute Gasteiger partial charge is 0.384 e. The zero-order chi connectivity index (χ0) is 13.9. The number of benzene rings is 1. The van der Waals surface area contributed by atoms with Crippen LogP contribution in [0.5, 0.6) is 0 Å². The van der Waals surface area contributed by atoms with Crippen molar-refractivity contribution in [3.63, 3.8) is 0 Å². The third kappa shape index (κ3) is 3.73. The Kier molecular flexibility index (Phi) is 5.20. The monoisotopic (exact) mass is 311 g/mol. The Morgan fingerprint density at radius 2 is 2.00 bits per heavy atom. The molecule has 1 rings (SSSR count). The summed E-state index contributed by atoms with van der Waals surface area (Å²) in [4.78, 5) is 2.20. The lowest BCUT2D eigenvalue weighted by Gasteiger charge is -2.30. The number of anilines is 1. The van der Waals surface area contributed by atoms with Crippen LogP contribution in [0.3, 0.4) is 0 Å². The Hall–Kier alpha value is -1.03. The Balaban J connectivity index is 3.06. The van der Waals surface area contributed by atoms with E-state index in [9.17, 15) is 0 Å². The molecule has 0 aliphatic carbocycles. The summed E-state index contributed by atoms with van der Waals surface area (Å²) in [5.74, 6) is 0.761.